The lowest BCUT2D eigenvalue weighted by molar-refractivity contribution is 0.0296. The number of aryl methyl sites for hydroxylation is 1. The second-order valence-corrected chi connectivity index (χ2v) is 12.6. The van der Waals surface area contributed by atoms with Gasteiger partial charge in [-0.3, -0.25) is 19.1 Å². The number of benzene rings is 2. The van der Waals surface area contributed by atoms with Gasteiger partial charge in [0.25, 0.3) is 11.8 Å². The Labute approximate surface area is 291 Å². The number of carbonyl (C=O) groups is 2. The van der Waals surface area contributed by atoms with Crippen molar-refractivity contribution >= 4 is 23.3 Å². The van der Waals surface area contributed by atoms with Crippen LogP contribution in [0.4, 0.5) is 20.3 Å². The quantitative estimate of drug-likeness (QED) is 0.226. The number of morpholine rings is 1. The Balaban J connectivity index is 1.17. The molecule has 0 bridgehead atoms. The zero-order valence-electron chi connectivity index (χ0n) is 27.9. The number of nitrogens with two attached hydrogens (primary N) is 1. The van der Waals surface area contributed by atoms with Crippen molar-refractivity contribution in [2.24, 2.45) is 7.05 Å². The number of nitrogen functional groups attached to an aromatic ring is 1. The van der Waals surface area contributed by atoms with Gasteiger partial charge < -0.3 is 30.6 Å². The van der Waals surface area contributed by atoms with Crippen molar-refractivity contribution in [3.05, 3.63) is 106 Å². The number of carbonyl (C=O) groups excluding carboxylic acids is 2. The monoisotopic (exact) mass is 694 g/mol. The second kappa shape index (κ2) is 14.2. The van der Waals surface area contributed by atoms with Crippen LogP contribution in [0, 0.1) is 11.6 Å². The highest BCUT2D eigenvalue weighted by molar-refractivity contribution is 6.07. The number of aromatic nitrogens is 4. The third kappa shape index (κ3) is 6.87. The molecule has 0 unspecified atom stereocenters. The van der Waals surface area contributed by atoms with Crippen molar-refractivity contribution in [3.63, 3.8) is 0 Å². The zero-order valence-corrected chi connectivity index (χ0v) is 27.9. The van der Waals surface area contributed by atoms with Crippen LogP contribution in [-0.4, -0.2) is 75.4 Å². The van der Waals surface area contributed by atoms with Crippen LogP contribution in [0.25, 0.3) is 33.4 Å². The van der Waals surface area contributed by atoms with Gasteiger partial charge in [-0.2, -0.15) is 5.10 Å². The van der Waals surface area contributed by atoms with Crippen LogP contribution in [0.15, 0.2) is 78.1 Å². The largest absolute Gasteiger partial charge is 0.383 e. The predicted molar refractivity (Wildman–Crippen MR) is 188 cm³/mol. The van der Waals surface area contributed by atoms with E-state index < -0.39 is 28.9 Å². The molecule has 0 saturated carbocycles. The summed E-state index contributed by atoms with van der Waals surface area (Å²) in [7, 11) is 1.55. The maximum absolute atomic E-state index is 15.7. The summed E-state index contributed by atoms with van der Waals surface area (Å²) in [5, 5.41) is 10.5. The van der Waals surface area contributed by atoms with Crippen molar-refractivity contribution in [3.8, 4) is 33.4 Å². The van der Waals surface area contributed by atoms with Crippen molar-refractivity contribution in [1.29, 1.82) is 0 Å². The summed E-state index contributed by atoms with van der Waals surface area (Å²) in [5.74, 6) is -2.30. The van der Waals surface area contributed by atoms with E-state index in [2.05, 4.69) is 20.7 Å². The molecule has 262 valence electrons. The molecule has 2 amide bonds. The van der Waals surface area contributed by atoms with Gasteiger partial charge in [-0.1, -0.05) is 12.1 Å². The first-order valence-electron chi connectivity index (χ1n) is 16.7. The third-order valence-corrected chi connectivity index (χ3v) is 9.32. The molecule has 3 aromatic heterocycles. The lowest BCUT2D eigenvalue weighted by Gasteiger charge is -2.28. The molecule has 5 aromatic rings. The van der Waals surface area contributed by atoms with E-state index in [1.807, 2.05) is 10.9 Å². The molecule has 51 heavy (non-hydrogen) atoms. The molecule has 0 radical (unpaired) electrons. The molecule has 2 aliphatic rings. The number of hydrogen-bond acceptors (Lipinski definition) is 8. The predicted octanol–water partition coefficient (Wildman–Crippen LogP) is 4.49. The number of ether oxygens (including phenoxy) is 1. The smallest absolute Gasteiger partial charge is 0.271 e. The highest BCUT2D eigenvalue weighted by atomic mass is 19.1. The standard InChI is InChI=1S/C37H36F2N8O4/c1-45-21-30(34(48)32(22-2-4-25(38)5-3-22)33(45)37(50)46-12-14-51-15-13-46)36(49)44-26-6-7-28(31(39)17-26)29-16-23(18-42-35(29)40)24-19-43-47(20-24)27-8-10-41-11-9-27/h2-7,16-21,27,41H,8-15H2,1H3,(H2,40,42)(H,44,49). The minimum atomic E-state index is -0.814. The molecule has 5 heterocycles. The lowest BCUT2D eigenvalue weighted by Crippen LogP contribution is -2.42. The highest BCUT2D eigenvalue weighted by Crippen LogP contribution is 2.33. The summed E-state index contributed by atoms with van der Waals surface area (Å²) in [6, 6.07) is 11.3. The maximum atomic E-state index is 15.7. The number of nitrogens with zero attached hydrogens (tertiary/aromatic N) is 5. The number of halogens is 2. The molecular formula is C37H36F2N8O4. The van der Waals surface area contributed by atoms with Gasteiger partial charge in [-0.15, -0.1) is 0 Å². The zero-order chi connectivity index (χ0) is 35.6. The fourth-order valence-corrected chi connectivity index (χ4v) is 6.57. The fraction of sp³-hybridized carbons (Fsp3) is 0.270. The molecule has 0 atom stereocenters. The molecule has 0 aliphatic carbocycles. The normalized spacial score (nSPS) is 15.2. The Hall–Kier alpha value is -5.73. The molecular weight excluding hydrogens is 658 g/mol. The second-order valence-electron chi connectivity index (χ2n) is 12.6. The van der Waals surface area contributed by atoms with Crippen LogP contribution in [0.2, 0.25) is 0 Å². The van der Waals surface area contributed by atoms with E-state index >= 15 is 4.39 Å². The molecule has 12 nitrogen and oxygen atoms in total. The first kappa shape index (κ1) is 33.8. The van der Waals surface area contributed by atoms with Gasteiger partial charge in [0.2, 0.25) is 5.43 Å². The minimum Gasteiger partial charge on any atom is -0.383 e. The summed E-state index contributed by atoms with van der Waals surface area (Å²) in [6.45, 7) is 3.21. The van der Waals surface area contributed by atoms with Crippen molar-refractivity contribution in [2.45, 2.75) is 18.9 Å². The number of nitrogens with one attached hydrogen (secondary N) is 2. The van der Waals surface area contributed by atoms with E-state index in [-0.39, 0.29) is 39.5 Å². The molecule has 2 saturated heterocycles. The van der Waals surface area contributed by atoms with E-state index in [9.17, 15) is 18.8 Å². The van der Waals surface area contributed by atoms with Crippen LogP contribution in [0.5, 0.6) is 0 Å². The van der Waals surface area contributed by atoms with E-state index in [0.717, 1.165) is 43.1 Å². The summed E-state index contributed by atoms with van der Waals surface area (Å²) in [6.07, 6.45) is 8.56. The molecule has 4 N–H and O–H groups in total. The lowest BCUT2D eigenvalue weighted by atomic mass is 9.99. The number of amides is 2. The van der Waals surface area contributed by atoms with Gasteiger partial charge in [0.1, 0.15) is 28.7 Å². The number of anilines is 2. The van der Waals surface area contributed by atoms with Crippen LogP contribution in [0.3, 0.4) is 0 Å². The van der Waals surface area contributed by atoms with Crippen LogP contribution in [-0.2, 0) is 11.8 Å². The Kier molecular flexibility index (Phi) is 9.43. The van der Waals surface area contributed by atoms with E-state index in [0.29, 0.717) is 37.9 Å². The number of pyridine rings is 2. The molecule has 2 fully saturated rings. The highest BCUT2D eigenvalue weighted by Gasteiger charge is 2.28. The fourth-order valence-electron chi connectivity index (χ4n) is 6.57. The summed E-state index contributed by atoms with van der Waals surface area (Å²) in [4.78, 5) is 47.1. The first-order valence-corrected chi connectivity index (χ1v) is 16.7. The van der Waals surface area contributed by atoms with E-state index in [1.165, 1.54) is 47.2 Å². The molecule has 0 spiro atoms. The van der Waals surface area contributed by atoms with Gasteiger partial charge in [-0.25, -0.2) is 13.8 Å². The Morgan fingerprint density at radius 1 is 0.941 bits per heavy atom. The van der Waals surface area contributed by atoms with E-state index in [1.54, 1.807) is 30.4 Å². The Morgan fingerprint density at radius 3 is 2.41 bits per heavy atom. The number of piperidine rings is 1. The first-order chi connectivity index (χ1) is 24.7. The SMILES string of the molecule is Cn1cc(C(=O)Nc2ccc(-c3cc(-c4cnn(C5CCNCC5)c4)cnc3N)c(F)c2)c(=O)c(-c2ccc(F)cc2)c1C(=O)N1CCOCC1. The van der Waals surface area contributed by atoms with Gasteiger partial charge in [-0.05, 0) is 67.9 Å². The van der Waals surface area contributed by atoms with Crippen molar-refractivity contribution in [1.82, 2.24) is 29.5 Å². The number of rotatable bonds is 7. The topological polar surface area (TPSA) is 149 Å². The van der Waals surface area contributed by atoms with Gasteiger partial charge >= 0.3 is 0 Å². The van der Waals surface area contributed by atoms with Crippen LogP contribution >= 0.6 is 0 Å². The van der Waals surface area contributed by atoms with Gasteiger partial charge in [0.05, 0.1) is 31.0 Å². The van der Waals surface area contributed by atoms with Gasteiger partial charge in [0, 0.05) is 66.7 Å². The average Bonchev–Trinajstić information content (AvgIpc) is 3.64. The molecule has 7 rings (SSSR count). The minimum absolute atomic E-state index is 0.0486. The third-order valence-electron chi connectivity index (χ3n) is 9.32. The van der Waals surface area contributed by atoms with Crippen LogP contribution < -0.4 is 21.8 Å². The Bertz CT molecular complexity index is 2170. The summed E-state index contributed by atoms with van der Waals surface area (Å²) in [5.41, 5.74) is 7.63. The molecule has 2 aromatic carbocycles. The maximum Gasteiger partial charge on any atom is 0.271 e. The van der Waals surface area contributed by atoms with E-state index in [4.69, 9.17) is 10.5 Å². The number of hydrogen-bond donors (Lipinski definition) is 3. The molecule has 14 heteroatoms. The van der Waals surface area contributed by atoms with Gasteiger partial charge in [0.15, 0.2) is 0 Å². The summed E-state index contributed by atoms with van der Waals surface area (Å²) >= 11 is 0. The van der Waals surface area contributed by atoms with Crippen LogP contribution in [0.1, 0.15) is 39.7 Å². The molecule has 2 aliphatic heterocycles. The van der Waals surface area contributed by atoms with Crippen molar-refractivity contribution in [2.75, 3.05) is 50.4 Å². The Morgan fingerprint density at radius 2 is 1.69 bits per heavy atom. The summed E-state index contributed by atoms with van der Waals surface area (Å²) < 4.78 is 38.3. The van der Waals surface area contributed by atoms with Crippen molar-refractivity contribution < 1.29 is 23.1 Å². The average molecular weight is 695 g/mol.